The summed E-state index contributed by atoms with van der Waals surface area (Å²) in [7, 11) is 2.59. The number of carbonyl (C=O) groups is 3. The van der Waals surface area contributed by atoms with Gasteiger partial charge in [0.05, 0.1) is 0 Å². The Labute approximate surface area is 152 Å². The second-order valence-corrected chi connectivity index (χ2v) is 5.52. The molecule has 1 aromatic rings. The molecule has 1 fully saturated rings. The van der Waals surface area contributed by atoms with Crippen LogP contribution in [-0.2, 0) is 23.7 Å². The molecule has 27 heavy (non-hydrogen) atoms. The second kappa shape index (κ2) is 7.12. The SMILES string of the molecule is C=[N+]1C(=O)C(=CC=CC=Cc2c(O)n(C)c(=O)n(C)c2=O)C(=O)[N+](=C)C1=O. The van der Waals surface area contributed by atoms with E-state index in [2.05, 4.69) is 13.4 Å². The summed E-state index contributed by atoms with van der Waals surface area (Å²) >= 11 is 0. The minimum atomic E-state index is -0.938. The monoisotopic (exact) mass is 372 g/mol. The van der Waals surface area contributed by atoms with E-state index in [1.165, 1.54) is 38.4 Å². The molecule has 0 spiro atoms. The Kier molecular flexibility index (Phi) is 5.11. The lowest BCUT2D eigenvalue weighted by Gasteiger charge is -2.06. The minimum Gasteiger partial charge on any atom is -0.494 e. The minimum absolute atomic E-state index is 0.111. The summed E-state index contributed by atoms with van der Waals surface area (Å²) in [5.74, 6) is -2.24. The number of barbiturate groups is 1. The van der Waals surface area contributed by atoms with E-state index in [0.717, 1.165) is 15.2 Å². The van der Waals surface area contributed by atoms with E-state index in [9.17, 15) is 29.1 Å². The quantitative estimate of drug-likeness (QED) is 0.311. The Hall–Kier alpha value is -3.95. The fraction of sp³-hybridized carbons (Fsp3) is 0.118. The molecule has 1 N–H and O–H groups in total. The number of allylic oxidation sites excluding steroid dienone is 4. The third-order valence-electron chi connectivity index (χ3n) is 3.83. The van der Waals surface area contributed by atoms with E-state index in [4.69, 9.17) is 0 Å². The molecule has 0 saturated carbocycles. The van der Waals surface area contributed by atoms with Crippen molar-refractivity contribution in [2.24, 2.45) is 14.1 Å². The molecule has 1 aliphatic heterocycles. The zero-order chi connectivity index (χ0) is 20.5. The van der Waals surface area contributed by atoms with Crippen molar-refractivity contribution >= 4 is 37.4 Å². The molecule has 2 rings (SSSR count). The predicted molar refractivity (Wildman–Crippen MR) is 95.0 cm³/mol. The molecule has 4 amide bonds. The van der Waals surface area contributed by atoms with Gasteiger partial charge in [-0.15, -0.1) is 0 Å². The van der Waals surface area contributed by atoms with Crippen LogP contribution in [0.15, 0.2) is 39.5 Å². The highest BCUT2D eigenvalue weighted by Crippen LogP contribution is 2.11. The third-order valence-corrected chi connectivity index (χ3v) is 3.83. The van der Waals surface area contributed by atoms with Crippen molar-refractivity contribution in [1.82, 2.24) is 9.13 Å². The van der Waals surface area contributed by atoms with E-state index in [0.29, 0.717) is 9.15 Å². The number of carbonyl (C=O) groups excluding carboxylic acids is 3. The predicted octanol–water partition coefficient (Wildman–Crippen LogP) is -1.10. The van der Waals surface area contributed by atoms with Crippen LogP contribution in [0.3, 0.4) is 0 Å². The van der Waals surface area contributed by atoms with Crippen LogP contribution in [0.5, 0.6) is 5.88 Å². The first-order chi connectivity index (χ1) is 12.6. The van der Waals surface area contributed by atoms with Crippen LogP contribution in [0.1, 0.15) is 5.56 Å². The van der Waals surface area contributed by atoms with Gasteiger partial charge in [0, 0.05) is 14.1 Å². The van der Waals surface area contributed by atoms with Gasteiger partial charge in [-0.05, 0) is 21.3 Å². The molecule has 0 bridgehead atoms. The summed E-state index contributed by atoms with van der Waals surface area (Å²) in [5, 5.41) is 9.91. The van der Waals surface area contributed by atoms with Gasteiger partial charge < -0.3 is 5.11 Å². The molecule has 10 nitrogen and oxygen atoms in total. The molecule has 138 valence electrons. The highest BCUT2D eigenvalue weighted by Gasteiger charge is 2.51. The summed E-state index contributed by atoms with van der Waals surface area (Å²) in [6.45, 7) is 6.50. The van der Waals surface area contributed by atoms with Crippen LogP contribution < -0.4 is 11.2 Å². The lowest BCUT2D eigenvalue weighted by Crippen LogP contribution is -2.46. The van der Waals surface area contributed by atoms with Gasteiger partial charge in [-0.3, -0.25) is 13.9 Å². The van der Waals surface area contributed by atoms with E-state index in [1.54, 1.807) is 0 Å². The standard InChI is InChI=1S/C17H15N4O6/c1-18-12(22)10(13(23)19(2)16(18)26)8-6-5-7-9-11-14(24)20(3)17(27)21(4)15(11)25/h5-9H,1-2H2,3-4H3/q+1/p+1. The van der Waals surface area contributed by atoms with Gasteiger partial charge in [0.15, 0.2) is 13.4 Å². The molecule has 0 aliphatic carbocycles. The van der Waals surface area contributed by atoms with Gasteiger partial charge in [-0.2, -0.15) is 4.79 Å². The highest BCUT2D eigenvalue weighted by molar-refractivity contribution is 6.18. The Morgan fingerprint density at radius 1 is 0.889 bits per heavy atom. The molecule has 0 radical (unpaired) electrons. The fourth-order valence-electron chi connectivity index (χ4n) is 2.22. The van der Waals surface area contributed by atoms with Crippen molar-refractivity contribution in [1.29, 1.82) is 0 Å². The molecule has 1 aliphatic rings. The average Bonchev–Trinajstić information content (AvgIpc) is 2.66. The molecule has 1 aromatic heterocycles. The molecule has 0 aromatic carbocycles. The smallest absolute Gasteiger partial charge is 0.494 e. The summed E-state index contributed by atoms with van der Waals surface area (Å²) in [5.41, 5.74) is -1.78. The maximum atomic E-state index is 12.0. The van der Waals surface area contributed by atoms with Crippen molar-refractivity contribution < 1.29 is 28.6 Å². The number of imide groups is 2. The van der Waals surface area contributed by atoms with Crippen LogP contribution in [0.25, 0.3) is 6.08 Å². The van der Waals surface area contributed by atoms with Crippen LogP contribution in [-0.4, -0.2) is 54.7 Å². The summed E-state index contributed by atoms with van der Waals surface area (Å²) in [6.07, 6.45) is 6.50. The molecule has 1 saturated heterocycles. The Morgan fingerprint density at radius 2 is 1.44 bits per heavy atom. The van der Waals surface area contributed by atoms with Gasteiger partial charge in [-0.25, -0.2) is 14.4 Å². The van der Waals surface area contributed by atoms with E-state index in [-0.39, 0.29) is 11.1 Å². The van der Waals surface area contributed by atoms with Crippen molar-refractivity contribution in [3.8, 4) is 5.88 Å². The summed E-state index contributed by atoms with van der Waals surface area (Å²) < 4.78 is 2.77. The van der Waals surface area contributed by atoms with Crippen molar-refractivity contribution in [2.45, 2.75) is 0 Å². The maximum Gasteiger partial charge on any atom is 0.688 e. The number of aromatic hydroxyl groups is 1. The fourth-order valence-corrected chi connectivity index (χ4v) is 2.22. The van der Waals surface area contributed by atoms with Gasteiger partial charge >= 0.3 is 23.5 Å². The molecular formula is C17H16N4O6+2. The number of hydrogen-bond donors (Lipinski definition) is 1. The van der Waals surface area contributed by atoms with Crippen LogP contribution in [0.2, 0.25) is 0 Å². The second-order valence-electron chi connectivity index (χ2n) is 5.52. The van der Waals surface area contributed by atoms with E-state index in [1.807, 2.05) is 0 Å². The third kappa shape index (κ3) is 3.27. The molecule has 10 heteroatoms. The average molecular weight is 372 g/mol. The molecule has 0 atom stereocenters. The van der Waals surface area contributed by atoms with Crippen LogP contribution in [0, 0.1) is 0 Å². The van der Waals surface area contributed by atoms with E-state index >= 15 is 0 Å². The Bertz CT molecular complexity index is 1100. The molecule has 0 unspecified atom stereocenters. The topological polar surface area (TPSA) is 121 Å². The van der Waals surface area contributed by atoms with Crippen molar-refractivity contribution in [2.75, 3.05) is 0 Å². The first-order valence-electron chi connectivity index (χ1n) is 7.47. The Balaban J connectivity index is 2.31. The lowest BCUT2D eigenvalue weighted by molar-refractivity contribution is -0.487. The zero-order valence-electron chi connectivity index (χ0n) is 14.6. The maximum absolute atomic E-state index is 12.0. The van der Waals surface area contributed by atoms with Crippen LogP contribution >= 0.6 is 0 Å². The van der Waals surface area contributed by atoms with E-state index < -0.39 is 35.0 Å². The lowest BCUT2D eigenvalue weighted by atomic mass is 10.1. The first kappa shape index (κ1) is 19.4. The number of amides is 4. The van der Waals surface area contributed by atoms with Gasteiger partial charge in [0.2, 0.25) is 11.5 Å². The zero-order valence-corrected chi connectivity index (χ0v) is 14.6. The normalized spacial score (nSPS) is 15.5. The largest absolute Gasteiger partial charge is 0.688 e. The Morgan fingerprint density at radius 3 is 2.00 bits per heavy atom. The van der Waals surface area contributed by atoms with Crippen LogP contribution in [0.4, 0.5) is 4.79 Å². The highest BCUT2D eigenvalue weighted by atomic mass is 16.3. The summed E-state index contributed by atoms with van der Waals surface area (Å²) in [6, 6.07) is -0.938. The van der Waals surface area contributed by atoms with Crippen molar-refractivity contribution in [3.63, 3.8) is 0 Å². The number of aromatic nitrogens is 2. The summed E-state index contributed by atoms with van der Waals surface area (Å²) in [4.78, 5) is 59.0. The molecule has 2 heterocycles. The molecular weight excluding hydrogens is 356 g/mol. The number of hydrogen-bond acceptors (Lipinski definition) is 6. The van der Waals surface area contributed by atoms with Crippen molar-refractivity contribution in [3.05, 3.63) is 56.3 Å². The van der Waals surface area contributed by atoms with Gasteiger partial charge in [0.1, 0.15) is 5.56 Å². The first-order valence-corrected chi connectivity index (χ1v) is 7.47. The number of urea groups is 1. The number of nitrogens with zero attached hydrogens (tertiary/aromatic N) is 4. The van der Waals surface area contributed by atoms with Gasteiger partial charge in [0.25, 0.3) is 5.56 Å². The number of rotatable bonds is 3. The van der Waals surface area contributed by atoms with Gasteiger partial charge in [-0.1, -0.05) is 18.2 Å².